The van der Waals surface area contributed by atoms with Gasteiger partial charge in [-0.1, -0.05) is 0 Å². The number of carbonyl (C=O) groups excluding carboxylic acids is 1. The van der Waals surface area contributed by atoms with E-state index in [1.807, 2.05) is 0 Å². The minimum atomic E-state index is -0.888. The molecule has 0 saturated carbocycles. The van der Waals surface area contributed by atoms with Gasteiger partial charge in [0.25, 0.3) is 0 Å². The lowest BCUT2D eigenvalue weighted by Gasteiger charge is -2.15. The Labute approximate surface area is 88.7 Å². The Balaban J connectivity index is 2.25. The van der Waals surface area contributed by atoms with Gasteiger partial charge in [0.05, 0.1) is 5.92 Å². The normalized spacial score (nSPS) is 21.0. The standard InChI is InChI=1S/C10H17NO4/c12-5-3-1-2-4-11-7-8(10(14)15)6-9(11)13/h8,12H,1-7H2,(H,14,15). The van der Waals surface area contributed by atoms with Crippen molar-refractivity contribution in [2.24, 2.45) is 5.92 Å². The zero-order valence-electron chi connectivity index (χ0n) is 8.69. The molecule has 1 rings (SSSR count). The lowest BCUT2D eigenvalue weighted by atomic mass is 10.1. The molecule has 1 fully saturated rings. The van der Waals surface area contributed by atoms with E-state index in [1.54, 1.807) is 4.90 Å². The summed E-state index contributed by atoms with van der Waals surface area (Å²) in [5.74, 6) is -1.48. The molecule has 0 aliphatic carbocycles. The van der Waals surface area contributed by atoms with E-state index in [0.717, 1.165) is 19.3 Å². The molecule has 0 radical (unpaired) electrons. The molecule has 0 bridgehead atoms. The lowest BCUT2D eigenvalue weighted by Crippen LogP contribution is -2.27. The number of carboxylic acid groups (broad SMARTS) is 1. The van der Waals surface area contributed by atoms with E-state index < -0.39 is 11.9 Å². The van der Waals surface area contributed by atoms with Gasteiger partial charge >= 0.3 is 5.97 Å². The second kappa shape index (κ2) is 5.70. The highest BCUT2D eigenvalue weighted by atomic mass is 16.4. The second-order valence-corrected chi connectivity index (χ2v) is 3.86. The van der Waals surface area contributed by atoms with Gasteiger partial charge in [0.15, 0.2) is 0 Å². The molecule has 1 saturated heterocycles. The maximum Gasteiger partial charge on any atom is 0.308 e. The van der Waals surface area contributed by atoms with Gasteiger partial charge in [-0.3, -0.25) is 9.59 Å². The van der Waals surface area contributed by atoms with Crippen molar-refractivity contribution in [3.63, 3.8) is 0 Å². The van der Waals surface area contributed by atoms with E-state index in [9.17, 15) is 9.59 Å². The van der Waals surface area contributed by atoms with E-state index in [1.165, 1.54) is 0 Å². The molecular weight excluding hydrogens is 198 g/mol. The number of likely N-dealkylation sites (tertiary alicyclic amines) is 1. The molecule has 0 spiro atoms. The van der Waals surface area contributed by atoms with Crippen molar-refractivity contribution in [3.8, 4) is 0 Å². The van der Waals surface area contributed by atoms with Crippen LogP contribution in [-0.2, 0) is 9.59 Å². The first-order valence-electron chi connectivity index (χ1n) is 5.26. The van der Waals surface area contributed by atoms with Crippen LogP contribution < -0.4 is 0 Å². The fourth-order valence-corrected chi connectivity index (χ4v) is 1.74. The number of amides is 1. The summed E-state index contributed by atoms with van der Waals surface area (Å²) in [6.07, 6.45) is 2.58. The van der Waals surface area contributed by atoms with Gasteiger partial charge in [0.1, 0.15) is 0 Å². The molecule has 5 nitrogen and oxygen atoms in total. The van der Waals surface area contributed by atoms with Crippen molar-refractivity contribution >= 4 is 11.9 Å². The molecule has 1 amide bonds. The Morgan fingerprint density at radius 1 is 1.40 bits per heavy atom. The van der Waals surface area contributed by atoms with Crippen molar-refractivity contribution < 1.29 is 19.8 Å². The van der Waals surface area contributed by atoms with Crippen molar-refractivity contribution in [3.05, 3.63) is 0 Å². The largest absolute Gasteiger partial charge is 0.481 e. The summed E-state index contributed by atoms with van der Waals surface area (Å²) in [4.78, 5) is 23.6. The highest BCUT2D eigenvalue weighted by molar-refractivity contribution is 5.86. The zero-order valence-corrected chi connectivity index (χ0v) is 8.69. The average Bonchev–Trinajstić information content (AvgIpc) is 2.55. The zero-order chi connectivity index (χ0) is 11.3. The van der Waals surface area contributed by atoms with Crippen molar-refractivity contribution in [2.75, 3.05) is 19.7 Å². The molecule has 1 aliphatic heterocycles. The number of nitrogens with zero attached hydrogens (tertiary/aromatic N) is 1. The molecule has 2 N–H and O–H groups in total. The van der Waals surface area contributed by atoms with Crippen LogP contribution in [0.3, 0.4) is 0 Å². The number of carboxylic acids is 1. The topological polar surface area (TPSA) is 77.8 Å². The SMILES string of the molecule is O=C(O)C1CC(=O)N(CCCCCO)C1. The molecule has 0 aromatic rings. The monoisotopic (exact) mass is 215 g/mol. The van der Waals surface area contributed by atoms with Crippen LogP contribution in [0.15, 0.2) is 0 Å². The van der Waals surface area contributed by atoms with Crippen LogP contribution in [0.1, 0.15) is 25.7 Å². The molecule has 1 unspecified atom stereocenters. The minimum Gasteiger partial charge on any atom is -0.481 e. The summed E-state index contributed by atoms with van der Waals surface area (Å²) in [6.45, 7) is 1.13. The Morgan fingerprint density at radius 2 is 2.13 bits per heavy atom. The maximum atomic E-state index is 11.4. The summed E-state index contributed by atoms with van der Waals surface area (Å²) in [5, 5.41) is 17.3. The number of aliphatic carboxylic acids is 1. The minimum absolute atomic E-state index is 0.0635. The van der Waals surface area contributed by atoms with Crippen molar-refractivity contribution in [1.82, 2.24) is 4.90 Å². The highest BCUT2D eigenvalue weighted by Gasteiger charge is 2.33. The number of aliphatic hydroxyl groups excluding tert-OH is 1. The maximum absolute atomic E-state index is 11.4. The van der Waals surface area contributed by atoms with E-state index in [0.29, 0.717) is 13.1 Å². The third-order valence-corrected chi connectivity index (χ3v) is 2.65. The number of carbonyl (C=O) groups is 2. The number of hydrogen-bond donors (Lipinski definition) is 2. The molecular formula is C10H17NO4. The third-order valence-electron chi connectivity index (χ3n) is 2.65. The van der Waals surface area contributed by atoms with Crippen LogP contribution in [0.5, 0.6) is 0 Å². The van der Waals surface area contributed by atoms with Crippen molar-refractivity contribution in [1.29, 1.82) is 0 Å². The smallest absolute Gasteiger partial charge is 0.308 e. The first kappa shape index (κ1) is 12.0. The summed E-state index contributed by atoms with van der Waals surface area (Å²) in [6, 6.07) is 0. The Kier molecular flexibility index (Phi) is 4.55. The molecule has 1 aliphatic rings. The van der Waals surface area contributed by atoms with Crippen LogP contribution in [0.2, 0.25) is 0 Å². The molecule has 15 heavy (non-hydrogen) atoms. The number of hydrogen-bond acceptors (Lipinski definition) is 3. The van der Waals surface area contributed by atoms with Crippen molar-refractivity contribution in [2.45, 2.75) is 25.7 Å². The fraction of sp³-hybridized carbons (Fsp3) is 0.800. The first-order chi connectivity index (χ1) is 7.15. The van der Waals surface area contributed by atoms with Crippen LogP contribution in [0.25, 0.3) is 0 Å². The van der Waals surface area contributed by atoms with E-state index >= 15 is 0 Å². The predicted molar refractivity (Wildman–Crippen MR) is 53.3 cm³/mol. The Morgan fingerprint density at radius 3 is 2.67 bits per heavy atom. The molecule has 0 aromatic heterocycles. The van der Waals surface area contributed by atoms with Gasteiger partial charge in [0.2, 0.25) is 5.91 Å². The molecule has 1 heterocycles. The van der Waals surface area contributed by atoms with Crippen LogP contribution in [0.4, 0.5) is 0 Å². The molecule has 86 valence electrons. The van der Waals surface area contributed by atoms with E-state index in [2.05, 4.69) is 0 Å². The second-order valence-electron chi connectivity index (χ2n) is 3.86. The van der Waals surface area contributed by atoms with Gasteiger partial charge in [-0.2, -0.15) is 0 Å². The van der Waals surface area contributed by atoms with E-state index in [4.69, 9.17) is 10.2 Å². The van der Waals surface area contributed by atoms with Crippen LogP contribution >= 0.6 is 0 Å². The lowest BCUT2D eigenvalue weighted by molar-refractivity contribution is -0.141. The highest BCUT2D eigenvalue weighted by Crippen LogP contribution is 2.18. The van der Waals surface area contributed by atoms with Crippen LogP contribution in [-0.4, -0.2) is 46.7 Å². The average molecular weight is 215 g/mol. The quantitative estimate of drug-likeness (QED) is 0.615. The third kappa shape index (κ3) is 3.51. The first-order valence-corrected chi connectivity index (χ1v) is 5.26. The number of rotatable bonds is 6. The van der Waals surface area contributed by atoms with E-state index in [-0.39, 0.29) is 18.9 Å². The van der Waals surface area contributed by atoms with Gasteiger partial charge < -0.3 is 15.1 Å². The number of aliphatic hydroxyl groups is 1. The van der Waals surface area contributed by atoms with Gasteiger partial charge in [-0.05, 0) is 19.3 Å². The van der Waals surface area contributed by atoms with Gasteiger partial charge in [0, 0.05) is 26.1 Å². The molecule has 1 atom stereocenters. The summed E-state index contributed by atoms with van der Waals surface area (Å²) < 4.78 is 0. The fourth-order valence-electron chi connectivity index (χ4n) is 1.74. The van der Waals surface area contributed by atoms with Crippen LogP contribution in [0, 0.1) is 5.92 Å². The predicted octanol–water partition coefficient (Wildman–Crippen LogP) is 0.0821. The summed E-state index contributed by atoms with van der Waals surface area (Å²) >= 11 is 0. The summed E-state index contributed by atoms with van der Waals surface area (Å²) in [5.41, 5.74) is 0. The number of unbranched alkanes of at least 4 members (excludes halogenated alkanes) is 2. The molecule has 0 aromatic carbocycles. The Hall–Kier alpha value is -1.10. The summed E-state index contributed by atoms with van der Waals surface area (Å²) in [7, 11) is 0. The Bertz CT molecular complexity index is 242. The molecule has 5 heteroatoms. The van der Waals surface area contributed by atoms with Gasteiger partial charge in [-0.25, -0.2) is 0 Å². The van der Waals surface area contributed by atoms with Gasteiger partial charge in [-0.15, -0.1) is 0 Å².